The van der Waals surface area contributed by atoms with Crippen molar-refractivity contribution in [1.29, 1.82) is 0 Å². The van der Waals surface area contributed by atoms with Gasteiger partial charge in [-0.2, -0.15) is 39.5 Å². The SMILES string of the molecule is Fc1cccc(Cl)c1C[n+]1ccn(CCCCCCCCCCCC(F)(F)C(F)(F)C(F)(F)C(F)(F)F)c1C1CC1. The second-order valence-electron chi connectivity index (χ2n) is 10.7. The van der Waals surface area contributed by atoms with E-state index >= 15 is 0 Å². The van der Waals surface area contributed by atoms with Gasteiger partial charge in [-0.1, -0.05) is 56.2 Å². The van der Waals surface area contributed by atoms with Crippen LogP contribution >= 0.6 is 11.6 Å². The third-order valence-corrected chi connectivity index (χ3v) is 7.80. The lowest BCUT2D eigenvalue weighted by Crippen LogP contribution is -2.60. The second-order valence-corrected chi connectivity index (χ2v) is 11.1. The summed E-state index contributed by atoms with van der Waals surface area (Å²) in [5.74, 6) is -17.6. The van der Waals surface area contributed by atoms with Crippen molar-refractivity contribution >= 4 is 11.6 Å². The number of halogens is 11. The van der Waals surface area contributed by atoms with Crippen LogP contribution in [0.1, 0.15) is 94.4 Å². The molecular formula is C28H34ClF10N2+. The Bertz CT molecular complexity index is 1110. The van der Waals surface area contributed by atoms with Gasteiger partial charge in [-0.25, -0.2) is 13.5 Å². The number of hydrogen-bond donors (Lipinski definition) is 0. The zero-order valence-corrected chi connectivity index (χ0v) is 23.2. The van der Waals surface area contributed by atoms with Gasteiger partial charge in [-0.15, -0.1) is 0 Å². The summed E-state index contributed by atoms with van der Waals surface area (Å²) in [6.45, 7) is 1.15. The number of aryl methyl sites for hydroxylation is 1. The lowest BCUT2D eigenvalue weighted by molar-refractivity contribution is -0.695. The standard InChI is InChI=1S/C28H34ClF10N2/c29-22-11-10-12-23(30)21(22)19-41-18-17-40(24(41)20-13-14-20)16-9-7-5-3-1-2-4-6-8-15-25(31,32)26(33,34)27(35,36)28(37,38)39/h10-12,17-18,20H,1-9,13-16,19H2/q+1. The van der Waals surface area contributed by atoms with Gasteiger partial charge in [0.05, 0.1) is 17.5 Å². The normalized spacial score (nSPS) is 15.1. The van der Waals surface area contributed by atoms with Crippen molar-refractivity contribution in [2.45, 2.75) is 120 Å². The zero-order chi connectivity index (χ0) is 30.5. The third kappa shape index (κ3) is 8.10. The molecule has 0 spiro atoms. The Morgan fingerprint density at radius 3 is 1.88 bits per heavy atom. The molecule has 3 rings (SSSR count). The first-order valence-electron chi connectivity index (χ1n) is 13.8. The van der Waals surface area contributed by atoms with E-state index in [2.05, 4.69) is 4.57 Å². The first-order valence-corrected chi connectivity index (χ1v) is 14.2. The summed E-state index contributed by atoms with van der Waals surface area (Å²) in [5, 5.41) is 0.386. The van der Waals surface area contributed by atoms with Crippen LogP contribution in [0.2, 0.25) is 5.02 Å². The van der Waals surface area contributed by atoms with E-state index in [1.807, 2.05) is 17.0 Å². The highest BCUT2D eigenvalue weighted by Gasteiger charge is 2.81. The fourth-order valence-corrected chi connectivity index (χ4v) is 5.12. The quantitative estimate of drug-likeness (QED) is 0.0942. The predicted molar refractivity (Wildman–Crippen MR) is 134 cm³/mol. The minimum absolute atomic E-state index is 0.0267. The minimum atomic E-state index is -6.82. The molecular weight excluding hydrogens is 590 g/mol. The average molecular weight is 624 g/mol. The molecule has 1 saturated carbocycles. The predicted octanol–water partition coefficient (Wildman–Crippen LogP) is 9.86. The first kappa shape index (κ1) is 33.5. The second kappa shape index (κ2) is 13.5. The van der Waals surface area contributed by atoms with Gasteiger partial charge in [-0.3, -0.25) is 0 Å². The van der Waals surface area contributed by atoms with Crippen molar-refractivity contribution in [1.82, 2.24) is 4.57 Å². The maximum atomic E-state index is 14.3. The van der Waals surface area contributed by atoms with E-state index in [4.69, 9.17) is 11.6 Å². The molecule has 0 atom stereocenters. The van der Waals surface area contributed by atoms with Crippen molar-refractivity contribution in [3.63, 3.8) is 0 Å². The summed E-state index contributed by atoms with van der Waals surface area (Å²) in [6.07, 6.45) is 2.41. The van der Waals surface area contributed by atoms with Gasteiger partial charge in [0.25, 0.3) is 5.82 Å². The molecule has 0 aliphatic heterocycles. The number of unbranched alkanes of at least 4 members (excludes halogenated alkanes) is 8. The number of nitrogens with zero attached hydrogens (tertiary/aromatic N) is 2. The lowest BCUT2D eigenvalue weighted by atomic mass is 9.97. The Morgan fingerprint density at radius 1 is 0.780 bits per heavy atom. The molecule has 0 N–H and O–H groups in total. The van der Waals surface area contributed by atoms with Crippen molar-refractivity contribution in [2.24, 2.45) is 0 Å². The Kier molecular flexibility index (Phi) is 11.1. The Labute approximate surface area is 237 Å². The molecule has 0 amide bonds. The van der Waals surface area contributed by atoms with E-state index in [0.29, 0.717) is 35.9 Å². The fraction of sp³-hybridized carbons (Fsp3) is 0.679. The van der Waals surface area contributed by atoms with E-state index in [9.17, 15) is 43.9 Å². The van der Waals surface area contributed by atoms with Gasteiger partial charge >= 0.3 is 23.9 Å². The molecule has 0 radical (unpaired) electrons. The molecule has 2 aromatic rings. The summed E-state index contributed by atoms with van der Waals surface area (Å²) in [4.78, 5) is 0. The number of alkyl halides is 9. The summed E-state index contributed by atoms with van der Waals surface area (Å²) in [7, 11) is 0. The van der Waals surface area contributed by atoms with Gasteiger partial charge in [0.15, 0.2) is 0 Å². The van der Waals surface area contributed by atoms with Gasteiger partial charge in [0.1, 0.15) is 24.8 Å². The monoisotopic (exact) mass is 623 g/mol. The maximum absolute atomic E-state index is 14.3. The average Bonchev–Trinajstić information content (AvgIpc) is 3.64. The van der Waals surface area contributed by atoms with Crippen LogP contribution in [0.4, 0.5) is 43.9 Å². The van der Waals surface area contributed by atoms with Gasteiger partial charge in [0, 0.05) is 12.0 Å². The number of benzene rings is 1. The molecule has 1 aromatic carbocycles. The molecule has 1 heterocycles. The molecule has 0 saturated heterocycles. The van der Waals surface area contributed by atoms with Gasteiger partial charge < -0.3 is 0 Å². The van der Waals surface area contributed by atoms with Crippen molar-refractivity contribution in [2.75, 3.05) is 0 Å². The molecule has 0 unspecified atom stereocenters. The highest BCUT2D eigenvalue weighted by molar-refractivity contribution is 6.31. The van der Waals surface area contributed by atoms with Crippen LogP contribution in [0.25, 0.3) is 0 Å². The highest BCUT2D eigenvalue weighted by atomic mass is 35.5. The van der Waals surface area contributed by atoms with E-state index in [1.165, 1.54) is 6.07 Å². The zero-order valence-electron chi connectivity index (χ0n) is 22.4. The van der Waals surface area contributed by atoms with E-state index in [-0.39, 0.29) is 12.2 Å². The molecule has 41 heavy (non-hydrogen) atoms. The molecule has 0 bridgehead atoms. The van der Waals surface area contributed by atoms with E-state index in [0.717, 1.165) is 57.3 Å². The topological polar surface area (TPSA) is 8.81 Å². The summed E-state index contributed by atoms with van der Waals surface area (Å²) in [6, 6.07) is 4.63. The summed E-state index contributed by atoms with van der Waals surface area (Å²) in [5.41, 5.74) is 0.452. The van der Waals surface area contributed by atoms with Crippen LogP contribution in [0, 0.1) is 5.82 Å². The third-order valence-electron chi connectivity index (χ3n) is 7.45. The highest BCUT2D eigenvalue weighted by Crippen LogP contribution is 2.54. The Balaban J connectivity index is 1.32. The molecule has 1 fully saturated rings. The molecule has 1 aromatic heterocycles. The number of hydrogen-bond acceptors (Lipinski definition) is 0. The van der Waals surface area contributed by atoms with Crippen LogP contribution in [-0.2, 0) is 13.1 Å². The first-order chi connectivity index (χ1) is 19.1. The fourth-order valence-electron chi connectivity index (χ4n) is 4.90. The van der Waals surface area contributed by atoms with Crippen LogP contribution in [0.15, 0.2) is 30.6 Å². The number of aromatic nitrogens is 2. The Hall–Kier alpha value is -1.98. The molecule has 2 nitrogen and oxygen atoms in total. The van der Waals surface area contributed by atoms with E-state index < -0.39 is 36.8 Å². The van der Waals surface area contributed by atoms with Gasteiger partial charge in [0.2, 0.25) is 0 Å². The van der Waals surface area contributed by atoms with E-state index in [1.54, 1.807) is 12.1 Å². The van der Waals surface area contributed by atoms with Crippen LogP contribution in [0.3, 0.4) is 0 Å². The molecule has 13 heteroatoms. The van der Waals surface area contributed by atoms with Crippen molar-refractivity contribution in [3.8, 4) is 0 Å². The lowest BCUT2D eigenvalue weighted by Gasteiger charge is -2.33. The molecule has 1 aliphatic carbocycles. The van der Waals surface area contributed by atoms with Crippen molar-refractivity contribution < 1.29 is 48.5 Å². The number of rotatable bonds is 17. The molecule has 1 aliphatic rings. The van der Waals surface area contributed by atoms with Crippen LogP contribution < -0.4 is 4.57 Å². The summed E-state index contributed by atoms with van der Waals surface area (Å²) < 4.78 is 134. The number of imidazole rings is 1. The Morgan fingerprint density at radius 2 is 1.34 bits per heavy atom. The van der Waals surface area contributed by atoms with Gasteiger partial charge in [-0.05, 0) is 44.2 Å². The maximum Gasteiger partial charge on any atom is 0.460 e. The largest absolute Gasteiger partial charge is 0.460 e. The van der Waals surface area contributed by atoms with Crippen molar-refractivity contribution in [3.05, 3.63) is 52.8 Å². The van der Waals surface area contributed by atoms with Crippen LogP contribution in [-0.4, -0.2) is 28.5 Å². The minimum Gasteiger partial charge on any atom is -0.234 e. The van der Waals surface area contributed by atoms with Crippen LogP contribution in [0.5, 0.6) is 0 Å². The molecule has 232 valence electrons. The smallest absolute Gasteiger partial charge is 0.234 e. The summed E-state index contributed by atoms with van der Waals surface area (Å²) >= 11 is 6.20.